The summed E-state index contributed by atoms with van der Waals surface area (Å²) in [4.78, 5) is 22.8. The number of aryl methyl sites for hydroxylation is 1. The molecule has 0 saturated carbocycles. The predicted octanol–water partition coefficient (Wildman–Crippen LogP) is 0.0286. The molecular formula is C13H22N6O. The van der Waals surface area contributed by atoms with E-state index in [0.29, 0.717) is 12.4 Å². The van der Waals surface area contributed by atoms with E-state index in [2.05, 4.69) is 25.6 Å². The van der Waals surface area contributed by atoms with Crippen LogP contribution >= 0.6 is 0 Å². The number of nitrogen functional groups attached to an aromatic ring is 1. The van der Waals surface area contributed by atoms with Crippen LogP contribution < -0.4 is 16.6 Å². The SMILES string of the molecule is CNC(=O)C1(C)CCN(Cc2nc(C)cc(NN)n2)C1. The molecule has 0 radical (unpaired) electrons. The maximum absolute atomic E-state index is 11.9. The number of carbonyl (C=O) groups excluding carboxylic acids is 1. The molecule has 0 spiro atoms. The number of nitrogens with two attached hydrogens (primary N) is 1. The van der Waals surface area contributed by atoms with Gasteiger partial charge in [0, 0.05) is 25.4 Å². The number of anilines is 1. The molecule has 1 fully saturated rings. The minimum absolute atomic E-state index is 0.0921. The molecule has 1 saturated heterocycles. The summed E-state index contributed by atoms with van der Waals surface area (Å²) >= 11 is 0. The van der Waals surface area contributed by atoms with Crippen LogP contribution in [0.1, 0.15) is 24.9 Å². The Kier molecular flexibility index (Phi) is 4.20. The molecule has 0 bridgehead atoms. The zero-order valence-corrected chi connectivity index (χ0v) is 12.2. The van der Waals surface area contributed by atoms with E-state index >= 15 is 0 Å². The zero-order chi connectivity index (χ0) is 14.8. The van der Waals surface area contributed by atoms with E-state index < -0.39 is 0 Å². The number of carbonyl (C=O) groups is 1. The van der Waals surface area contributed by atoms with Gasteiger partial charge in [0.1, 0.15) is 11.6 Å². The van der Waals surface area contributed by atoms with Gasteiger partial charge in [0.2, 0.25) is 5.91 Å². The van der Waals surface area contributed by atoms with Gasteiger partial charge in [-0.3, -0.25) is 9.69 Å². The minimum Gasteiger partial charge on any atom is -0.359 e. The van der Waals surface area contributed by atoms with Gasteiger partial charge in [0.05, 0.1) is 12.0 Å². The number of rotatable bonds is 4. The Labute approximate surface area is 118 Å². The van der Waals surface area contributed by atoms with Crippen LogP contribution in [-0.2, 0) is 11.3 Å². The predicted molar refractivity (Wildman–Crippen MR) is 76.6 cm³/mol. The van der Waals surface area contributed by atoms with E-state index in [-0.39, 0.29) is 11.3 Å². The summed E-state index contributed by atoms with van der Waals surface area (Å²) in [6.07, 6.45) is 0.848. The van der Waals surface area contributed by atoms with Crippen molar-refractivity contribution in [3.05, 3.63) is 17.6 Å². The summed E-state index contributed by atoms with van der Waals surface area (Å²) in [5.41, 5.74) is 3.09. The fraction of sp³-hybridized carbons (Fsp3) is 0.615. The lowest BCUT2D eigenvalue weighted by molar-refractivity contribution is -0.129. The lowest BCUT2D eigenvalue weighted by Gasteiger charge is -2.22. The summed E-state index contributed by atoms with van der Waals surface area (Å²) < 4.78 is 0. The number of nitrogens with one attached hydrogen (secondary N) is 2. The highest BCUT2D eigenvalue weighted by Gasteiger charge is 2.39. The second-order valence-corrected chi connectivity index (χ2v) is 5.56. The molecule has 1 aliphatic heterocycles. The van der Waals surface area contributed by atoms with E-state index in [1.165, 1.54) is 0 Å². The molecule has 1 unspecified atom stereocenters. The smallest absolute Gasteiger partial charge is 0.227 e. The Balaban J connectivity index is 2.05. The highest BCUT2D eigenvalue weighted by Crippen LogP contribution is 2.30. The summed E-state index contributed by atoms with van der Waals surface area (Å²) in [5.74, 6) is 6.82. The molecule has 7 nitrogen and oxygen atoms in total. The summed E-state index contributed by atoms with van der Waals surface area (Å²) in [6.45, 7) is 6.12. The quantitative estimate of drug-likeness (QED) is 0.531. The number of hydrogen-bond acceptors (Lipinski definition) is 6. The molecule has 0 aliphatic carbocycles. The average molecular weight is 278 g/mol. The van der Waals surface area contributed by atoms with Crippen LogP contribution in [0.15, 0.2) is 6.07 Å². The first-order chi connectivity index (χ1) is 9.46. The Morgan fingerprint density at radius 1 is 1.55 bits per heavy atom. The number of nitrogens with zero attached hydrogens (tertiary/aromatic N) is 3. The summed E-state index contributed by atoms with van der Waals surface area (Å²) in [7, 11) is 1.68. The van der Waals surface area contributed by atoms with Gasteiger partial charge in [-0.25, -0.2) is 15.8 Å². The third-order valence-electron chi connectivity index (χ3n) is 3.74. The fourth-order valence-corrected chi connectivity index (χ4v) is 2.65. The number of likely N-dealkylation sites (tertiary alicyclic amines) is 1. The molecule has 7 heteroatoms. The van der Waals surface area contributed by atoms with Gasteiger partial charge in [0.25, 0.3) is 0 Å². The van der Waals surface area contributed by atoms with Crippen molar-refractivity contribution in [2.45, 2.75) is 26.8 Å². The topological polar surface area (TPSA) is 96.2 Å². The van der Waals surface area contributed by atoms with Gasteiger partial charge in [-0.05, 0) is 26.8 Å². The van der Waals surface area contributed by atoms with Gasteiger partial charge >= 0.3 is 0 Å². The van der Waals surface area contributed by atoms with Gasteiger partial charge in [-0.15, -0.1) is 0 Å². The number of hydrazine groups is 1. The normalized spacial score (nSPS) is 22.8. The van der Waals surface area contributed by atoms with E-state index in [1.807, 2.05) is 13.8 Å². The molecule has 1 aromatic heterocycles. The molecule has 1 aromatic rings. The monoisotopic (exact) mass is 278 g/mol. The van der Waals surface area contributed by atoms with Crippen molar-refractivity contribution in [1.29, 1.82) is 0 Å². The molecule has 1 aliphatic rings. The molecular weight excluding hydrogens is 256 g/mol. The van der Waals surface area contributed by atoms with Crippen molar-refractivity contribution in [2.75, 3.05) is 25.6 Å². The molecule has 20 heavy (non-hydrogen) atoms. The van der Waals surface area contributed by atoms with Crippen molar-refractivity contribution in [1.82, 2.24) is 20.2 Å². The van der Waals surface area contributed by atoms with Crippen molar-refractivity contribution in [3.8, 4) is 0 Å². The van der Waals surface area contributed by atoms with Crippen LogP contribution in [0.3, 0.4) is 0 Å². The minimum atomic E-state index is -0.326. The van der Waals surface area contributed by atoms with Crippen LogP contribution in [0.5, 0.6) is 0 Å². The van der Waals surface area contributed by atoms with Crippen LogP contribution in [0.4, 0.5) is 5.82 Å². The Morgan fingerprint density at radius 3 is 2.95 bits per heavy atom. The molecule has 2 heterocycles. The van der Waals surface area contributed by atoms with Crippen molar-refractivity contribution < 1.29 is 4.79 Å². The number of hydrogen-bond donors (Lipinski definition) is 3. The molecule has 0 aromatic carbocycles. The average Bonchev–Trinajstić information content (AvgIpc) is 2.79. The number of amides is 1. The van der Waals surface area contributed by atoms with Crippen LogP contribution in [0.25, 0.3) is 0 Å². The Morgan fingerprint density at radius 2 is 2.30 bits per heavy atom. The van der Waals surface area contributed by atoms with E-state index in [0.717, 1.165) is 31.0 Å². The molecule has 1 amide bonds. The summed E-state index contributed by atoms with van der Waals surface area (Å²) in [5, 5.41) is 2.74. The third-order valence-corrected chi connectivity index (χ3v) is 3.74. The van der Waals surface area contributed by atoms with Crippen LogP contribution in [0.2, 0.25) is 0 Å². The van der Waals surface area contributed by atoms with Crippen LogP contribution in [0, 0.1) is 12.3 Å². The standard InChI is InChI=1S/C13H22N6O/c1-9-6-10(18-14)17-11(16-9)7-19-5-4-13(2,8-19)12(20)15-3/h6H,4-5,7-8,14H2,1-3H3,(H,15,20)(H,16,17,18). The van der Waals surface area contributed by atoms with Crippen molar-refractivity contribution in [3.63, 3.8) is 0 Å². The number of aromatic nitrogens is 2. The molecule has 2 rings (SSSR count). The zero-order valence-electron chi connectivity index (χ0n) is 12.2. The van der Waals surface area contributed by atoms with E-state index in [1.54, 1.807) is 13.1 Å². The fourth-order valence-electron chi connectivity index (χ4n) is 2.65. The molecule has 110 valence electrons. The second-order valence-electron chi connectivity index (χ2n) is 5.56. The highest BCUT2D eigenvalue weighted by molar-refractivity contribution is 5.82. The second kappa shape index (κ2) is 5.72. The first-order valence-corrected chi connectivity index (χ1v) is 6.72. The highest BCUT2D eigenvalue weighted by atomic mass is 16.2. The van der Waals surface area contributed by atoms with E-state index in [4.69, 9.17) is 5.84 Å². The van der Waals surface area contributed by atoms with E-state index in [9.17, 15) is 4.79 Å². The largest absolute Gasteiger partial charge is 0.359 e. The maximum atomic E-state index is 11.9. The van der Waals surface area contributed by atoms with Gasteiger partial charge < -0.3 is 10.7 Å². The lowest BCUT2D eigenvalue weighted by Crippen LogP contribution is -2.39. The lowest BCUT2D eigenvalue weighted by atomic mass is 9.89. The first-order valence-electron chi connectivity index (χ1n) is 6.72. The van der Waals surface area contributed by atoms with Gasteiger partial charge in [-0.1, -0.05) is 0 Å². The van der Waals surface area contributed by atoms with Gasteiger partial charge in [0.15, 0.2) is 0 Å². The maximum Gasteiger partial charge on any atom is 0.227 e. The Hall–Kier alpha value is -1.73. The van der Waals surface area contributed by atoms with Crippen LogP contribution in [-0.4, -0.2) is 40.9 Å². The third kappa shape index (κ3) is 3.05. The molecule has 4 N–H and O–H groups in total. The van der Waals surface area contributed by atoms with Crippen molar-refractivity contribution in [2.24, 2.45) is 11.3 Å². The summed E-state index contributed by atoms with van der Waals surface area (Å²) in [6, 6.07) is 1.79. The van der Waals surface area contributed by atoms with Crippen molar-refractivity contribution >= 4 is 11.7 Å². The first kappa shape index (κ1) is 14.7. The Bertz CT molecular complexity index is 506. The van der Waals surface area contributed by atoms with Gasteiger partial charge in [-0.2, -0.15) is 0 Å². The molecule has 1 atom stereocenters.